The number of hydrogen-bond acceptors (Lipinski definition) is 0. The SMILES string of the molecule is CCc1ccc(C/C=C\C=C2CC2)cc1. The lowest BCUT2D eigenvalue weighted by molar-refractivity contribution is 1.13. The maximum atomic E-state index is 2.25. The average Bonchev–Trinajstić information content (AvgIpc) is 3.09. The minimum Gasteiger partial charge on any atom is -0.0801 e. The maximum Gasteiger partial charge on any atom is -0.00943 e. The molecular weight excluding hydrogens is 180 g/mol. The van der Waals surface area contributed by atoms with Crippen LogP contribution in [0.1, 0.15) is 30.9 Å². The summed E-state index contributed by atoms with van der Waals surface area (Å²) in [4.78, 5) is 0. The van der Waals surface area contributed by atoms with Crippen molar-refractivity contribution in [1.82, 2.24) is 0 Å². The number of allylic oxidation sites excluding steroid dienone is 4. The van der Waals surface area contributed by atoms with Crippen LogP contribution in [0.4, 0.5) is 0 Å². The van der Waals surface area contributed by atoms with E-state index in [1.165, 1.54) is 24.0 Å². The molecule has 0 spiro atoms. The molecule has 15 heavy (non-hydrogen) atoms. The average molecular weight is 198 g/mol. The minimum absolute atomic E-state index is 1.05. The van der Waals surface area contributed by atoms with E-state index in [4.69, 9.17) is 0 Å². The molecule has 0 bridgehead atoms. The second-order valence-electron chi connectivity index (χ2n) is 4.13. The van der Waals surface area contributed by atoms with E-state index in [0.29, 0.717) is 0 Å². The van der Waals surface area contributed by atoms with Crippen LogP contribution in [0.2, 0.25) is 0 Å². The Bertz CT molecular complexity index is 360. The van der Waals surface area contributed by atoms with Crippen molar-refractivity contribution >= 4 is 0 Å². The Balaban J connectivity index is 1.87. The fourth-order valence-electron chi connectivity index (χ4n) is 1.56. The summed E-state index contributed by atoms with van der Waals surface area (Å²) in [6, 6.07) is 8.91. The molecule has 0 nitrogen and oxygen atoms in total. The maximum absolute atomic E-state index is 2.25. The van der Waals surface area contributed by atoms with Crippen LogP contribution in [-0.2, 0) is 12.8 Å². The summed E-state index contributed by atoms with van der Waals surface area (Å²) < 4.78 is 0. The van der Waals surface area contributed by atoms with Gasteiger partial charge in [0, 0.05) is 0 Å². The van der Waals surface area contributed by atoms with Gasteiger partial charge in [0.15, 0.2) is 0 Å². The number of hydrogen-bond donors (Lipinski definition) is 0. The first-order valence-electron chi connectivity index (χ1n) is 5.81. The lowest BCUT2D eigenvalue weighted by Gasteiger charge is -1.98. The van der Waals surface area contributed by atoms with Crippen molar-refractivity contribution in [2.45, 2.75) is 32.6 Å². The second-order valence-corrected chi connectivity index (χ2v) is 4.13. The van der Waals surface area contributed by atoms with Crippen molar-refractivity contribution in [3.8, 4) is 0 Å². The van der Waals surface area contributed by atoms with Gasteiger partial charge >= 0.3 is 0 Å². The topological polar surface area (TPSA) is 0 Å². The van der Waals surface area contributed by atoms with Crippen LogP contribution in [0.25, 0.3) is 0 Å². The Morgan fingerprint density at radius 2 is 1.73 bits per heavy atom. The van der Waals surface area contributed by atoms with E-state index in [0.717, 1.165) is 12.8 Å². The van der Waals surface area contributed by atoms with Gasteiger partial charge in [-0.3, -0.25) is 0 Å². The molecule has 78 valence electrons. The fraction of sp³-hybridized carbons (Fsp3) is 0.333. The molecule has 1 aliphatic rings. The Kier molecular flexibility index (Phi) is 3.39. The van der Waals surface area contributed by atoms with Crippen LogP contribution in [0.5, 0.6) is 0 Å². The number of benzene rings is 1. The molecule has 1 aromatic carbocycles. The summed E-state index contributed by atoms with van der Waals surface area (Å²) in [5.41, 5.74) is 4.41. The first-order valence-corrected chi connectivity index (χ1v) is 5.81. The third kappa shape index (κ3) is 3.39. The standard InChI is InChI=1S/C15H18/c1-2-13-7-9-14(10-8-13)5-3-4-6-15-11-12-15/h3-4,6-10H,2,5,11-12H2,1H3/b4-3-. The highest BCUT2D eigenvalue weighted by atomic mass is 14.1. The molecule has 0 heterocycles. The molecule has 0 aliphatic heterocycles. The highest BCUT2D eigenvalue weighted by Gasteiger charge is 2.07. The van der Waals surface area contributed by atoms with Crippen molar-refractivity contribution in [2.75, 3.05) is 0 Å². The molecule has 1 aromatic rings. The van der Waals surface area contributed by atoms with Gasteiger partial charge in [-0.1, -0.05) is 55.0 Å². The van der Waals surface area contributed by atoms with Crippen molar-refractivity contribution in [3.05, 3.63) is 59.2 Å². The van der Waals surface area contributed by atoms with Crippen LogP contribution in [0.3, 0.4) is 0 Å². The molecule has 0 atom stereocenters. The molecule has 0 radical (unpaired) electrons. The van der Waals surface area contributed by atoms with E-state index < -0.39 is 0 Å². The Morgan fingerprint density at radius 3 is 2.33 bits per heavy atom. The zero-order valence-corrected chi connectivity index (χ0v) is 9.37. The predicted octanol–water partition coefficient (Wildman–Crippen LogP) is 4.07. The quantitative estimate of drug-likeness (QED) is 0.684. The molecule has 0 N–H and O–H groups in total. The van der Waals surface area contributed by atoms with Gasteiger partial charge in [0.2, 0.25) is 0 Å². The van der Waals surface area contributed by atoms with Crippen molar-refractivity contribution in [1.29, 1.82) is 0 Å². The van der Waals surface area contributed by atoms with Crippen molar-refractivity contribution in [2.24, 2.45) is 0 Å². The first kappa shape index (κ1) is 10.2. The van der Waals surface area contributed by atoms with Crippen molar-refractivity contribution in [3.63, 3.8) is 0 Å². The largest absolute Gasteiger partial charge is 0.0801 e. The monoisotopic (exact) mass is 198 g/mol. The van der Waals surface area contributed by atoms with E-state index in [2.05, 4.69) is 49.4 Å². The van der Waals surface area contributed by atoms with Gasteiger partial charge in [-0.2, -0.15) is 0 Å². The third-order valence-corrected chi connectivity index (χ3v) is 2.79. The minimum atomic E-state index is 1.05. The molecule has 1 aliphatic carbocycles. The lowest BCUT2D eigenvalue weighted by Crippen LogP contribution is -1.83. The number of rotatable bonds is 4. The Hall–Kier alpha value is -1.30. The molecule has 0 heteroatoms. The highest BCUT2D eigenvalue weighted by Crippen LogP contribution is 2.27. The van der Waals surface area contributed by atoms with E-state index in [-0.39, 0.29) is 0 Å². The van der Waals surface area contributed by atoms with Crippen LogP contribution in [0.15, 0.2) is 48.1 Å². The van der Waals surface area contributed by atoms with Crippen LogP contribution >= 0.6 is 0 Å². The van der Waals surface area contributed by atoms with Gasteiger partial charge < -0.3 is 0 Å². The van der Waals surface area contributed by atoms with E-state index >= 15 is 0 Å². The molecular formula is C15H18. The molecule has 1 fully saturated rings. The smallest absolute Gasteiger partial charge is 0.00943 e. The van der Waals surface area contributed by atoms with Gasteiger partial charge in [-0.15, -0.1) is 0 Å². The summed E-state index contributed by atoms with van der Waals surface area (Å²) in [6.07, 6.45) is 11.5. The molecule has 0 unspecified atom stereocenters. The van der Waals surface area contributed by atoms with E-state index in [1.807, 2.05) is 0 Å². The summed E-state index contributed by atoms with van der Waals surface area (Å²) in [6.45, 7) is 2.19. The molecule has 0 aromatic heterocycles. The Morgan fingerprint density at radius 1 is 1.07 bits per heavy atom. The van der Waals surface area contributed by atoms with E-state index in [1.54, 1.807) is 5.57 Å². The summed E-state index contributed by atoms with van der Waals surface area (Å²) in [5.74, 6) is 0. The van der Waals surface area contributed by atoms with Crippen LogP contribution in [-0.4, -0.2) is 0 Å². The zero-order chi connectivity index (χ0) is 10.5. The van der Waals surface area contributed by atoms with Gasteiger partial charge in [-0.05, 0) is 36.8 Å². The highest BCUT2D eigenvalue weighted by molar-refractivity contribution is 5.26. The second kappa shape index (κ2) is 4.97. The zero-order valence-electron chi connectivity index (χ0n) is 9.37. The fourth-order valence-corrected chi connectivity index (χ4v) is 1.56. The summed E-state index contributed by atoms with van der Waals surface area (Å²) in [5, 5.41) is 0. The predicted molar refractivity (Wildman–Crippen MR) is 66.0 cm³/mol. The van der Waals surface area contributed by atoms with Gasteiger partial charge in [-0.25, -0.2) is 0 Å². The molecule has 2 rings (SSSR count). The summed E-state index contributed by atoms with van der Waals surface area (Å²) in [7, 11) is 0. The van der Waals surface area contributed by atoms with E-state index in [9.17, 15) is 0 Å². The van der Waals surface area contributed by atoms with Crippen LogP contribution < -0.4 is 0 Å². The lowest BCUT2D eigenvalue weighted by atomic mass is 10.1. The first-order chi connectivity index (χ1) is 7.38. The Labute approximate surface area is 92.3 Å². The molecule has 1 saturated carbocycles. The van der Waals surface area contributed by atoms with Gasteiger partial charge in [0.25, 0.3) is 0 Å². The molecule has 0 amide bonds. The molecule has 0 saturated heterocycles. The normalized spacial score (nSPS) is 14.6. The third-order valence-electron chi connectivity index (χ3n) is 2.79. The number of aryl methyl sites for hydroxylation is 1. The van der Waals surface area contributed by atoms with Gasteiger partial charge in [0.05, 0.1) is 0 Å². The summed E-state index contributed by atoms with van der Waals surface area (Å²) >= 11 is 0. The van der Waals surface area contributed by atoms with Crippen LogP contribution in [0, 0.1) is 0 Å². The van der Waals surface area contributed by atoms with Crippen molar-refractivity contribution < 1.29 is 0 Å². The van der Waals surface area contributed by atoms with Gasteiger partial charge in [0.1, 0.15) is 0 Å².